The fourth-order valence-electron chi connectivity index (χ4n) is 2.19. The molecule has 1 aliphatic heterocycles. The molecule has 21 heavy (non-hydrogen) atoms. The highest BCUT2D eigenvalue weighted by atomic mass is 32.2. The number of nitrogens with zero attached hydrogens (tertiary/aromatic N) is 1. The number of benzene rings is 1. The molecule has 0 aromatic heterocycles. The first-order valence-electron chi connectivity index (χ1n) is 6.14. The van der Waals surface area contributed by atoms with Crippen LogP contribution in [0.3, 0.4) is 0 Å². The number of amides is 1. The second-order valence-corrected chi connectivity index (χ2v) is 7.04. The van der Waals surface area contributed by atoms with E-state index in [0.717, 1.165) is 10.4 Å². The smallest absolute Gasteiger partial charge is 0.247 e. The summed E-state index contributed by atoms with van der Waals surface area (Å²) in [5.41, 5.74) is 3.75. The molecule has 0 atom stereocenters. The number of carbonyl (C=O) groups is 1. The fourth-order valence-corrected chi connectivity index (χ4v) is 4.05. The van der Waals surface area contributed by atoms with E-state index in [0.29, 0.717) is 6.07 Å². The first-order valence-corrected chi connectivity index (χ1v) is 7.58. The zero-order valence-electron chi connectivity index (χ0n) is 11.5. The summed E-state index contributed by atoms with van der Waals surface area (Å²) >= 11 is 0. The average Bonchev–Trinajstić information content (AvgIpc) is 2.36. The average molecular weight is 319 g/mol. The Kier molecular flexibility index (Phi) is 3.66. The second-order valence-electron chi connectivity index (χ2n) is 5.21. The summed E-state index contributed by atoms with van der Waals surface area (Å²) in [5.74, 6) is -3.37. The molecule has 116 valence electrons. The van der Waals surface area contributed by atoms with E-state index in [1.807, 2.05) is 0 Å². The molecule has 6 nitrogen and oxygen atoms in total. The predicted molar refractivity (Wildman–Crippen MR) is 71.8 cm³/mol. The molecule has 0 bridgehead atoms. The molecule has 1 aliphatic rings. The second kappa shape index (κ2) is 4.92. The molecule has 0 radical (unpaired) electrons. The lowest BCUT2D eigenvalue weighted by atomic mass is 10.0. The summed E-state index contributed by atoms with van der Waals surface area (Å²) in [4.78, 5) is 10.9. The molecule has 1 amide bonds. The van der Waals surface area contributed by atoms with Gasteiger partial charge in [0.2, 0.25) is 15.9 Å². The molecular formula is C12H15F2N3O3S. The van der Waals surface area contributed by atoms with E-state index in [1.54, 1.807) is 0 Å². The van der Waals surface area contributed by atoms with Crippen molar-refractivity contribution in [3.05, 3.63) is 23.8 Å². The summed E-state index contributed by atoms with van der Waals surface area (Å²) in [6, 6.07) is 1.54. The summed E-state index contributed by atoms with van der Waals surface area (Å²) < 4.78 is 53.2. The summed E-state index contributed by atoms with van der Waals surface area (Å²) in [7, 11) is -4.40. The van der Waals surface area contributed by atoms with Gasteiger partial charge in [-0.3, -0.25) is 4.79 Å². The van der Waals surface area contributed by atoms with E-state index in [9.17, 15) is 22.0 Å². The summed E-state index contributed by atoms with van der Waals surface area (Å²) in [6.45, 7) is 2.82. The van der Waals surface area contributed by atoms with E-state index in [4.69, 9.17) is 5.73 Å². The van der Waals surface area contributed by atoms with Gasteiger partial charge >= 0.3 is 0 Å². The van der Waals surface area contributed by atoms with Crippen LogP contribution in [0.4, 0.5) is 14.5 Å². The first-order chi connectivity index (χ1) is 9.58. The number of sulfonamides is 1. The highest BCUT2D eigenvalue weighted by Gasteiger charge is 2.46. The van der Waals surface area contributed by atoms with Crippen molar-refractivity contribution in [1.29, 1.82) is 0 Å². The van der Waals surface area contributed by atoms with E-state index < -0.39 is 38.0 Å². The van der Waals surface area contributed by atoms with Crippen molar-refractivity contribution < 1.29 is 22.0 Å². The third kappa shape index (κ3) is 2.46. The van der Waals surface area contributed by atoms with Crippen LogP contribution in [0.25, 0.3) is 0 Å². The molecule has 1 fully saturated rings. The minimum absolute atomic E-state index is 0.0447. The van der Waals surface area contributed by atoms with Crippen molar-refractivity contribution in [2.24, 2.45) is 0 Å². The quantitative estimate of drug-likeness (QED) is 0.774. The van der Waals surface area contributed by atoms with Gasteiger partial charge in [-0.05, 0) is 26.0 Å². The van der Waals surface area contributed by atoms with Crippen molar-refractivity contribution >= 4 is 21.6 Å². The lowest BCUT2D eigenvalue weighted by Gasteiger charge is -2.39. The van der Waals surface area contributed by atoms with Crippen molar-refractivity contribution in [1.82, 2.24) is 9.62 Å². The number of hydrogen-bond acceptors (Lipinski definition) is 4. The third-order valence-electron chi connectivity index (χ3n) is 3.36. The van der Waals surface area contributed by atoms with Gasteiger partial charge in [-0.15, -0.1) is 0 Å². The van der Waals surface area contributed by atoms with Gasteiger partial charge in [-0.2, -0.15) is 4.31 Å². The Morgan fingerprint density at radius 3 is 2.57 bits per heavy atom. The van der Waals surface area contributed by atoms with Crippen LogP contribution in [0, 0.1) is 11.6 Å². The molecule has 2 rings (SSSR count). The van der Waals surface area contributed by atoms with Crippen LogP contribution in [0.15, 0.2) is 17.0 Å². The van der Waals surface area contributed by atoms with Gasteiger partial charge < -0.3 is 11.1 Å². The number of hydrogen-bond donors (Lipinski definition) is 2. The van der Waals surface area contributed by atoms with Crippen LogP contribution in [0.2, 0.25) is 0 Å². The van der Waals surface area contributed by atoms with Crippen LogP contribution in [0.5, 0.6) is 0 Å². The van der Waals surface area contributed by atoms with Crippen LogP contribution >= 0.6 is 0 Å². The fraction of sp³-hybridized carbons (Fsp3) is 0.417. The number of nitrogen functional groups attached to an aromatic ring is 1. The van der Waals surface area contributed by atoms with Crippen molar-refractivity contribution in [3.8, 4) is 0 Å². The number of nitrogens with two attached hydrogens (primary N) is 1. The molecule has 0 aliphatic carbocycles. The van der Waals surface area contributed by atoms with Gasteiger partial charge in [-0.1, -0.05) is 0 Å². The Labute approximate surface area is 121 Å². The summed E-state index contributed by atoms with van der Waals surface area (Å²) in [5, 5.41) is 2.53. The highest BCUT2D eigenvalue weighted by Crippen LogP contribution is 2.30. The molecule has 1 aromatic rings. The Bertz CT molecular complexity index is 704. The van der Waals surface area contributed by atoms with Crippen molar-refractivity contribution in [2.75, 3.05) is 18.8 Å². The SMILES string of the molecule is CC1(C)C(=O)NCCN1S(=O)(=O)c1cc(N)cc(F)c1F. The number of rotatable bonds is 2. The number of anilines is 1. The molecule has 1 saturated heterocycles. The Morgan fingerprint density at radius 2 is 1.95 bits per heavy atom. The minimum Gasteiger partial charge on any atom is -0.399 e. The van der Waals surface area contributed by atoms with Crippen LogP contribution in [-0.4, -0.2) is 37.3 Å². The van der Waals surface area contributed by atoms with E-state index in [2.05, 4.69) is 5.32 Å². The maximum atomic E-state index is 13.8. The van der Waals surface area contributed by atoms with Gasteiger partial charge in [0.25, 0.3) is 0 Å². The maximum absolute atomic E-state index is 13.8. The molecule has 0 unspecified atom stereocenters. The zero-order chi connectivity index (χ0) is 16.0. The zero-order valence-corrected chi connectivity index (χ0v) is 12.3. The van der Waals surface area contributed by atoms with Gasteiger partial charge in [-0.25, -0.2) is 17.2 Å². The molecule has 0 spiro atoms. The molecular weight excluding hydrogens is 304 g/mol. The van der Waals surface area contributed by atoms with E-state index >= 15 is 0 Å². The van der Waals surface area contributed by atoms with E-state index in [1.165, 1.54) is 13.8 Å². The topological polar surface area (TPSA) is 92.5 Å². The predicted octanol–water partition coefficient (Wildman–Crippen LogP) is 0.446. The standard InChI is InChI=1S/C12H15F2N3O3S/c1-12(2)11(18)16-3-4-17(12)21(19,20)9-6-7(15)5-8(13)10(9)14/h5-6H,3-4,15H2,1-2H3,(H,16,18). The van der Waals surface area contributed by atoms with E-state index in [-0.39, 0.29) is 18.8 Å². The molecule has 9 heteroatoms. The van der Waals surface area contributed by atoms with Crippen molar-refractivity contribution in [2.45, 2.75) is 24.3 Å². The number of piperazine rings is 1. The number of nitrogens with one attached hydrogen (secondary N) is 1. The largest absolute Gasteiger partial charge is 0.399 e. The lowest BCUT2D eigenvalue weighted by Crippen LogP contribution is -2.63. The highest BCUT2D eigenvalue weighted by molar-refractivity contribution is 7.89. The molecule has 1 heterocycles. The van der Waals surface area contributed by atoms with Gasteiger partial charge in [0.1, 0.15) is 10.4 Å². The molecule has 3 N–H and O–H groups in total. The molecule has 1 aromatic carbocycles. The van der Waals surface area contributed by atoms with Gasteiger partial charge in [0, 0.05) is 18.8 Å². The van der Waals surface area contributed by atoms with Crippen molar-refractivity contribution in [3.63, 3.8) is 0 Å². The van der Waals surface area contributed by atoms with Gasteiger partial charge in [0.15, 0.2) is 11.6 Å². The maximum Gasteiger partial charge on any atom is 0.247 e. The normalized spacial score (nSPS) is 19.3. The third-order valence-corrected chi connectivity index (χ3v) is 5.44. The molecule has 0 saturated carbocycles. The number of halogens is 2. The Morgan fingerprint density at radius 1 is 1.33 bits per heavy atom. The summed E-state index contributed by atoms with van der Waals surface area (Å²) in [6.07, 6.45) is 0. The minimum atomic E-state index is -4.40. The lowest BCUT2D eigenvalue weighted by molar-refractivity contribution is -0.131. The monoisotopic (exact) mass is 319 g/mol. The van der Waals surface area contributed by atoms with Crippen LogP contribution in [-0.2, 0) is 14.8 Å². The first kappa shape index (κ1) is 15.6. The van der Waals surface area contributed by atoms with Crippen LogP contribution in [0.1, 0.15) is 13.8 Å². The Hall–Kier alpha value is -1.74. The number of carbonyl (C=O) groups excluding carboxylic acids is 1. The van der Waals surface area contributed by atoms with Gasteiger partial charge in [0.05, 0.1) is 0 Å². The Balaban J connectivity index is 2.60. The van der Waals surface area contributed by atoms with Crippen LogP contribution < -0.4 is 11.1 Å².